The van der Waals surface area contributed by atoms with E-state index in [9.17, 15) is 0 Å². The Balaban J connectivity index is 1.72. The molecule has 0 bridgehead atoms. The van der Waals surface area contributed by atoms with E-state index in [0.29, 0.717) is 0 Å². The molecule has 0 atom stereocenters. The smallest absolute Gasteiger partial charge is 0.138 e. The third-order valence-electron chi connectivity index (χ3n) is 3.23. The summed E-state index contributed by atoms with van der Waals surface area (Å²) in [5.74, 6) is 0. The van der Waals surface area contributed by atoms with Crippen molar-refractivity contribution in [3.63, 3.8) is 0 Å². The number of rotatable bonds is 11. The summed E-state index contributed by atoms with van der Waals surface area (Å²) in [5.41, 5.74) is 0. The second kappa shape index (κ2) is 10.4. The van der Waals surface area contributed by atoms with Gasteiger partial charge in [-0.3, -0.25) is 0 Å². The van der Waals surface area contributed by atoms with Crippen LogP contribution in [-0.2, 0) is 0 Å². The summed E-state index contributed by atoms with van der Waals surface area (Å²) in [5, 5.41) is 14.8. The topological polar surface area (TPSA) is 49.4 Å². The second-order valence-electron chi connectivity index (χ2n) is 4.86. The lowest BCUT2D eigenvalue weighted by atomic mass is 10.1. The number of unbranched alkanes of at least 4 members (excludes halogenated alkanes) is 9. The maximum absolute atomic E-state index is 3.90. The molecule has 1 heterocycles. The van der Waals surface area contributed by atoms with Gasteiger partial charge in [0.2, 0.25) is 0 Å². The molecule has 4 heteroatoms. The van der Waals surface area contributed by atoms with Crippen LogP contribution in [0.25, 0.3) is 0 Å². The lowest BCUT2D eigenvalue weighted by molar-refractivity contribution is 0.527. The summed E-state index contributed by atoms with van der Waals surface area (Å²) in [6.45, 7) is 2.27. The molecule has 98 valence electrons. The third-order valence-corrected chi connectivity index (χ3v) is 3.23. The lowest BCUT2D eigenvalue weighted by Gasteiger charge is -2.02. The molecule has 0 unspecified atom stereocenters. The fourth-order valence-electron chi connectivity index (χ4n) is 2.12. The van der Waals surface area contributed by atoms with Gasteiger partial charge in [-0.15, -0.1) is 10.2 Å². The summed E-state index contributed by atoms with van der Waals surface area (Å²) < 4.78 is 0. The van der Waals surface area contributed by atoms with Crippen LogP contribution in [0.1, 0.15) is 77.6 Å². The first kappa shape index (κ1) is 14.3. The fourth-order valence-corrected chi connectivity index (χ4v) is 2.12. The summed E-state index contributed by atoms with van der Waals surface area (Å²) in [6, 6.07) is 0. The Morgan fingerprint density at radius 2 is 1.12 bits per heavy atom. The van der Waals surface area contributed by atoms with Gasteiger partial charge in [-0.2, -0.15) is 0 Å². The first-order valence-electron chi connectivity index (χ1n) is 7.23. The zero-order valence-electron chi connectivity index (χ0n) is 11.1. The van der Waals surface area contributed by atoms with E-state index in [1.165, 1.54) is 64.2 Å². The Kier molecular flexibility index (Phi) is 8.69. The van der Waals surface area contributed by atoms with Crippen LogP contribution in [0, 0.1) is 0 Å². The molecule has 17 heavy (non-hydrogen) atoms. The molecule has 0 fully saturated rings. The van der Waals surface area contributed by atoms with E-state index in [0.717, 1.165) is 6.42 Å². The minimum atomic E-state index is 0.0315. The number of nitrogens with zero attached hydrogens (tertiary/aromatic N) is 4. The van der Waals surface area contributed by atoms with Crippen molar-refractivity contribution in [2.24, 2.45) is 20.7 Å². The zero-order valence-corrected chi connectivity index (χ0v) is 11.1. The Bertz CT molecular complexity index is 213. The van der Waals surface area contributed by atoms with Crippen LogP contribution < -0.4 is 0 Å². The molecule has 1 aliphatic heterocycles. The van der Waals surface area contributed by atoms with E-state index < -0.39 is 0 Å². The van der Waals surface area contributed by atoms with Crippen molar-refractivity contribution in [3.8, 4) is 0 Å². The molecule has 0 spiro atoms. The molecule has 0 N–H and O–H groups in total. The van der Waals surface area contributed by atoms with Crippen molar-refractivity contribution in [1.29, 1.82) is 0 Å². The molecule has 1 rings (SSSR count). The summed E-state index contributed by atoms with van der Waals surface area (Å²) in [4.78, 5) is 0. The van der Waals surface area contributed by atoms with E-state index in [4.69, 9.17) is 0 Å². The van der Waals surface area contributed by atoms with Gasteiger partial charge in [0, 0.05) is 0 Å². The van der Waals surface area contributed by atoms with E-state index in [1.807, 2.05) is 0 Å². The molecule has 0 aliphatic carbocycles. The van der Waals surface area contributed by atoms with Gasteiger partial charge in [-0.05, 0) is 23.3 Å². The van der Waals surface area contributed by atoms with Crippen LogP contribution in [-0.4, -0.2) is 6.17 Å². The Morgan fingerprint density at radius 3 is 1.65 bits per heavy atom. The van der Waals surface area contributed by atoms with Gasteiger partial charge >= 0.3 is 0 Å². The van der Waals surface area contributed by atoms with Crippen molar-refractivity contribution in [2.45, 2.75) is 83.7 Å². The summed E-state index contributed by atoms with van der Waals surface area (Å²) in [7, 11) is 0. The maximum atomic E-state index is 3.90. The lowest BCUT2D eigenvalue weighted by Crippen LogP contribution is -1.95. The van der Waals surface area contributed by atoms with Gasteiger partial charge in [-0.1, -0.05) is 64.7 Å². The van der Waals surface area contributed by atoms with Gasteiger partial charge in [0.25, 0.3) is 0 Å². The Labute approximate surface area is 105 Å². The minimum Gasteiger partial charge on any atom is -0.138 e. The van der Waals surface area contributed by atoms with Crippen molar-refractivity contribution in [3.05, 3.63) is 0 Å². The van der Waals surface area contributed by atoms with Crippen LogP contribution in [0.3, 0.4) is 0 Å². The van der Waals surface area contributed by atoms with E-state index in [2.05, 4.69) is 27.6 Å². The Hall–Kier alpha value is -0.800. The van der Waals surface area contributed by atoms with Crippen molar-refractivity contribution in [1.82, 2.24) is 0 Å². The first-order valence-corrected chi connectivity index (χ1v) is 7.23. The van der Waals surface area contributed by atoms with Gasteiger partial charge in [0.05, 0.1) is 0 Å². The first-order chi connectivity index (χ1) is 8.43. The normalized spacial score (nSPS) is 14.9. The monoisotopic (exact) mass is 238 g/mol. The molecule has 0 amide bonds. The molecule has 1 aliphatic rings. The zero-order chi connectivity index (χ0) is 12.2. The third kappa shape index (κ3) is 8.00. The molecule has 0 aromatic rings. The van der Waals surface area contributed by atoms with E-state index >= 15 is 0 Å². The highest BCUT2D eigenvalue weighted by Crippen LogP contribution is 2.15. The van der Waals surface area contributed by atoms with Gasteiger partial charge in [0.15, 0.2) is 6.17 Å². The average Bonchev–Trinajstić information content (AvgIpc) is 2.85. The van der Waals surface area contributed by atoms with Crippen LogP contribution in [0.5, 0.6) is 0 Å². The van der Waals surface area contributed by atoms with Gasteiger partial charge in [-0.25, -0.2) is 0 Å². The maximum Gasteiger partial charge on any atom is 0.185 e. The van der Waals surface area contributed by atoms with E-state index in [1.54, 1.807) is 0 Å². The molecule has 0 aromatic carbocycles. The highest BCUT2D eigenvalue weighted by atomic mass is 15.6. The number of hydrogen-bond acceptors (Lipinski definition) is 4. The largest absolute Gasteiger partial charge is 0.185 e. The molecule has 0 saturated carbocycles. The molecule has 4 nitrogen and oxygen atoms in total. The van der Waals surface area contributed by atoms with Crippen molar-refractivity contribution < 1.29 is 0 Å². The molecular weight excluding hydrogens is 212 g/mol. The number of hydrogen-bond donors (Lipinski definition) is 0. The van der Waals surface area contributed by atoms with Gasteiger partial charge in [0.1, 0.15) is 0 Å². The van der Waals surface area contributed by atoms with Crippen molar-refractivity contribution in [2.75, 3.05) is 0 Å². The van der Waals surface area contributed by atoms with E-state index in [-0.39, 0.29) is 6.17 Å². The van der Waals surface area contributed by atoms with Crippen LogP contribution in [0.15, 0.2) is 20.7 Å². The highest BCUT2D eigenvalue weighted by Gasteiger charge is 2.07. The standard InChI is InChI=1S/C13H26N4/c1-2-3-4-5-6-7-8-9-10-11-12-13-14-16-17-15-13/h13H,2-12H2,1H3. The van der Waals surface area contributed by atoms with Gasteiger partial charge < -0.3 is 0 Å². The Morgan fingerprint density at radius 1 is 0.647 bits per heavy atom. The minimum absolute atomic E-state index is 0.0315. The predicted octanol–water partition coefficient (Wildman–Crippen LogP) is 5.46. The fraction of sp³-hybridized carbons (Fsp3) is 1.00. The molecular formula is C13H26N4. The summed E-state index contributed by atoms with van der Waals surface area (Å²) in [6.07, 6.45) is 14.7. The summed E-state index contributed by atoms with van der Waals surface area (Å²) >= 11 is 0. The second-order valence-corrected chi connectivity index (χ2v) is 4.86. The van der Waals surface area contributed by atoms with Crippen LogP contribution in [0.2, 0.25) is 0 Å². The van der Waals surface area contributed by atoms with Crippen molar-refractivity contribution >= 4 is 0 Å². The highest BCUT2D eigenvalue weighted by molar-refractivity contribution is 4.61. The quantitative estimate of drug-likeness (QED) is 0.429. The van der Waals surface area contributed by atoms with Crippen LogP contribution in [0.4, 0.5) is 0 Å². The molecule has 0 radical (unpaired) electrons. The molecule has 0 aromatic heterocycles. The average molecular weight is 238 g/mol. The predicted molar refractivity (Wildman–Crippen MR) is 70.0 cm³/mol. The van der Waals surface area contributed by atoms with Crippen LogP contribution >= 0.6 is 0 Å². The SMILES string of the molecule is CCCCCCCCCCCCC1N=NN=N1. The molecule has 0 saturated heterocycles.